The van der Waals surface area contributed by atoms with Crippen LogP contribution in [0.5, 0.6) is 0 Å². The molecule has 6 aromatic heterocycles. The Labute approximate surface area is 573 Å². The molecule has 532 valence electrons. The first-order chi connectivity index (χ1) is 47.0. The number of amides is 2. The smallest absolute Gasteiger partial charge is 0.355 e. The monoisotopic (exact) mass is 1360 g/mol. The van der Waals surface area contributed by atoms with Gasteiger partial charge in [0.25, 0.3) is 16.7 Å². The number of aliphatic imine (C=N–C) groups is 1. The molecule has 6 aromatic rings. The van der Waals surface area contributed by atoms with E-state index in [0.29, 0.717) is 60.7 Å². The standard InChI is InChI=1S/C20H29N5O2.C18H25N5O2.C17H23N5O3.C15H21N5O2/c1-11-15(23-9-14(12(2)21)20(3,4)10-23)7-8-24-17(11)16(13-5-6-13)18(26)25(22)19(24)27;1-10(2)13-6-7-21(8-13)16-11(3)15-14(12-4-5-12)17(24)23(19)18(25)22(15)9-20-16;1-9-14-13(11-3-4-11)16(24)22(18)17(25)21(14)8-19-15(9)20-6-5-12(7-20)10(2)23;1-9-12-11(10-4-5-10)14(21)20(16)15(22)19(12)8-17-13(9)18-6-2-3-7-18/h7-8,12-14H,5-6,9-10,21-22H2,1-4H3;9-10,12-13H,4-8,19H2,1-3H3;8,10-12,23H,3-7,18H2,1-2H3;8,10,14,21H,2-7,16H2,1H3/t;13-;;/m.1../s1. The summed E-state index contributed by atoms with van der Waals surface area (Å²) in [6.07, 6.45) is 17.1. The Morgan fingerprint density at radius 1 is 0.566 bits per heavy atom. The molecule has 8 fully saturated rings. The van der Waals surface area contributed by atoms with Crippen molar-refractivity contribution >= 4 is 46.2 Å². The largest absolute Gasteiger partial charge is 0.393 e. The lowest BCUT2D eigenvalue weighted by Gasteiger charge is -2.40. The zero-order valence-corrected chi connectivity index (χ0v) is 58.7. The van der Waals surface area contributed by atoms with Gasteiger partial charge in [-0.1, -0.05) is 27.7 Å². The average molecular weight is 1360 g/mol. The lowest BCUT2D eigenvalue weighted by Crippen LogP contribution is -2.57. The molecule has 16 rings (SSSR count). The minimum atomic E-state index is -1.03. The Bertz CT molecular complexity index is 4570. The molecule has 6 atom stereocenters. The van der Waals surface area contributed by atoms with E-state index in [4.69, 9.17) is 29.1 Å². The van der Waals surface area contributed by atoms with Gasteiger partial charge in [-0.15, -0.1) is 0 Å². The summed E-state index contributed by atoms with van der Waals surface area (Å²) in [6, 6.07) is 1.64. The summed E-state index contributed by atoms with van der Waals surface area (Å²) in [5.41, 5.74) is 14.1. The predicted molar refractivity (Wildman–Crippen MR) is 381 cm³/mol. The fourth-order valence-corrected chi connectivity index (χ4v) is 16.4. The normalized spacial score (nSPS) is 23.5. The van der Waals surface area contributed by atoms with Crippen molar-refractivity contribution in [1.29, 1.82) is 0 Å². The number of rotatable bonds is 11. The van der Waals surface area contributed by atoms with Crippen molar-refractivity contribution in [2.24, 2.45) is 51.6 Å². The number of aliphatic hydroxyl groups excluding tert-OH is 2. The molecular formula is C70H98N20O9. The Morgan fingerprint density at radius 2 is 1.02 bits per heavy atom. The van der Waals surface area contributed by atoms with Gasteiger partial charge in [-0.2, -0.15) is 14.0 Å². The second-order valence-corrected chi connectivity index (χ2v) is 30.5. The number of nitrogens with two attached hydrogens (primary N) is 5. The van der Waals surface area contributed by atoms with E-state index in [1.807, 2.05) is 40.7 Å². The fraction of sp³-hybridized carbons (Fsp3) is 0.600. The SMILES string of the molecule is CC1=C(N2CCCC2)N=CN2C(=O)N(N)C(O)C(C3CC3)=C12.Cc1c(N2CC(C(C)N)C(C)(C)C2)ccn2c(=O)n(N)c(=O)c(C3CC3)c12.Cc1c(N2CCC(C(C)O)C2)ncn2c(=O)n(N)c(=O)c(C3CC3)c12.Cc1c(N2CC[C@@H](C(C)C)C2)ncn2c(=O)n(N)c(=O)c(C3CC3)c12. The first-order valence-electron chi connectivity index (χ1n) is 35.4. The zero-order valence-electron chi connectivity index (χ0n) is 58.7. The van der Waals surface area contributed by atoms with Crippen molar-refractivity contribution in [1.82, 2.24) is 52.0 Å². The van der Waals surface area contributed by atoms with Gasteiger partial charge >= 0.3 is 23.1 Å². The third kappa shape index (κ3) is 12.3. The van der Waals surface area contributed by atoms with E-state index in [2.05, 4.69) is 69.2 Å². The molecule has 0 bridgehead atoms. The molecule has 29 nitrogen and oxygen atoms in total. The molecule has 29 heteroatoms. The van der Waals surface area contributed by atoms with Crippen LogP contribution in [0.25, 0.3) is 16.6 Å². The van der Waals surface area contributed by atoms with Gasteiger partial charge in [0.2, 0.25) is 0 Å². The molecule has 2 amide bonds. The van der Waals surface area contributed by atoms with Gasteiger partial charge in [-0.25, -0.2) is 53.8 Å². The summed E-state index contributed by atoms with van der Waals surface area (Å²) < 4.78 is 6.48. The van der Waals surface area contributed by atoms with Crippen molar-refractivity contribution in [2.75, 3.05) is 84.6 Å². The van der Waals surface area contributed by atoms with Crippen LogP contribution in [-0.4, -0.2) is 145 Å². The maximum Gasteiger partial charge on any atom is 0.355 e. The number of likely N-dealkylation sites (tertiary alicyclic amines) is 1. The molecule has 10 aliphatic rings. The Balaban J connectivity index is 0.000000119. The van der Waals surface area contributed by atoms with Crippen LogP contribution in [0.2, 0.25) is 0 Å². The van der Waals surface area contributed by atoms with Crippen molar-refractivity contribution in [3.63, 3.8) is 0 Å². The lowest BCUT2D eigenvalue weighted by molar-refractivity contribution is 0.0370. The molecular weight excluding hydrogens is 1260 g/mol. The molecule has 4 saturated carbocycles. The van der Waals surface area contributed by atoms with Gasteiger partial charge in [0, 0.05) is 115 Å². The minimum Gasteiger partial charge on any atom is -0.393 e. The number of hydrazine groups is 1. The molecule has 0 radical (unpaired) electrons. The number of allylic oxidation sites excluding steroid dienone is 1. The number of aryl methyl sites for hydroxylation is 3. The summed E-state index contributed by atoms with van der Waals surface area (Å²) in [7, 11) is 0. The van der Waals surface area contributed by atoms with E-state index >= 15 is 0 Å². The van der Waals surface area contributed by atoms with Crippen LogP contribution in [-0.2, 0) is 0 Å². The maximum absolute atomic E-state index is 12.7. The first kappa shape index (κ1) is 68.7. The summed E-state index contributed by atoms with van der Waals surface area (Å²) >= 11 is 0. The second-order valence-electron chi connectivity index (χ2n) is 30.5. The maximum atomic E-state index is 12.7. The van der Waals surface area contributed by atoms with Crippen molar-refractivity contribution in [2.45, 2.75) is 182 Å². The third-order valence-electron chi connectivity index (χ3n) is 22.7. The first-order valence-corrected chi connectivity index (χ1v) is 35.4. The molecule has 0 aromatic carbocycles. The zero-order chi connectivity index (χ0) is 70.9. The number of pyridine rings is 1. The number of fused-ring (bicyclic) bond motifs is 4. The summed E-state index contributed by atoms with van der Waals surface area (Å²) in [4.78, 5) is 112. The molecule has 4 aliphatic carbocycles. The number of nitrogen functional groups attached to an aromatic ring is 3. The number of hydrogen-bond acceptors (Lipinski definition) is 21. The van der Waals surface area contributed by atoms with Crippen LogP contribution in [0.15, 0.2) is 81.3 Å². The van der Waals surface area contributed by atoms with Crippen LogP contribution in [0.3, 0.4) is 0 Å². The molecule has 5 unspecified atom stereocenters. The highest BCUT2D eigenvalue weighted by molar-refractivity contribution is 5.93. The number of nitrogens with zero attached hydrogens (tertiary/aromatic N) is 15. The Hall–Kier alpha value is -8.80. The molecule has 4 saturated heterocycles. The number of carbonyl (C=O) groups is 1. The van der Waals surface area contributed by atoms with Crippen LogP contribution in [0.4, 0.5) is 22.1 Å². The molecule has 0 spiro atoms. The van der Waals surface area contributed by atoms with Gasteiger partial charge in [-0.3, -0.25) is 23.7 Å². The van der Waals surface area contributed by atoms with E-state index in [-0.39, 0.29) is 52.4 Å². The second kappa shape index (κ2) is 26.1. The highest BCUT2D eigenvalue weighted by Gasteiger charge is 2.47. The number of carbonyl (C=O) groups excluding carboxylic acids is 1. The van der Waals surface area contributed by atoms with Gasteiger partial charge in [-0.05, 0) is 177 Å². The van der Waals surface area contributed by atoms with Crippen LogP contribution in [0.1, 0.15) is 177 Å². The van der Waals surface area contributed by atoms with E-state index in [1.54, 1.807) is 12.5 Å². The molecule has 6 aliphatic heterocycles. The Morgan fingerprint density at radius 3 is 1.44 bits per heavy atom. The van der Waals surface area contributed by atoms with E-state index in [9.17, 15) is 43.8 Å². The van der Waals surface area contributed by atoms with E-state index in [1.165, 1.54) is 43.6 Å². The lowest BCUT2D eigenvalue weighted by atomic mass is 9.78. The number of aliphatic hydroxyl groups is 2. The third-order valence-corrected chi connectivity index (χ3v) is 22.7. The number of aromatic nitrogens is 8. The van der Waals surface area contributed by atoms with Crippen LogP contribution >= 0.6 is 0 Å². The minimum absolute atomic E-state index is 0.104. The molecule has 12 heterocycles. The summed E-state index contributed by atoms with van der Waals surface area (Å²) in [5, 5.41) is 21.2. The van der Waals surface area contributed by atoms with E-state index < -0.39 is 34.9 Å². The molecule has 12 N–H and O–H groups in total. The number of urea groups is 1. The Kier molecular flexibility index (Phi) is 18.1. The average Bonchev–Trinajstić information content (AvgIpc) is 1.45. The fourth-order valence-electron chi connectivity index (χ4n) is 16.4. The predicted octanol–water partition coefficient (Wildman–Crippen LogP) is 3.32. The highest BCUT2D eigenvalue weighted by Crippen LogP contribution is 2.48. The van der Waals surface area contributed by atoms with Gasteiger partial charge in [0.15, 0.2) is 6.23 Å². The van der Waals surface area contributed by atoms with Gasteiger partial charge in [0.05, 0.1) is 28.4 Å². The number of anilines is 3. The van der Waals surface area contributed by atoms with Gasteiger partial charge in [0.1, 0.15) is 36.4 Å². The van der Waals surface area contributed by atoms with Crippen molar-refractivity contribution in [3.05, 3.63) is 143 Å². The summed E-state index contributed by atoms with van der Waals surface area (Å²) in [5.74, 6) is 28.3. The topological polar surface area (TPSA) is 376 Å². The van der Waals surface area contributed by atoms with Crippen LogP contribution < -0.4 is 77.6 Å². The summed E-state index contributed by atoms with van der Waals surface area (Å²) in [6.45, 7) is 28.0. The highest BCUT2D eigenvalue weighted by atomic mass is 16.3. The quantitative estimate of drug-likeness (QED) is 0.0722. The van der Waals surface area contributed by atoms with Gasteiger partial charge < -0.3 is 53.1 Å². The van der Waals surface area contributed by atoms with Crippen molar-refractivity contribution in [3.8, 4) is 0 Å². The van der Waals surface area contributed by atoms with Crippen molar-refractivity contribution < 1.29 is 15.0 Å². The van der Waals surface area contributed by atoms with E-state index in [0.717, 1.165) is 188 Å². The molecule has 99 heavy (non-hydrogen) atoms. The van der Waals surface area contributed by atoms with Crippen LogP contribution in [0, 0.1) is 55.8 Å². The number of hydrogen-bond donors (Lipinski definition) is 7.